The van der Waals surface area contributed by atoms with E-state index in [1.807, 2.05) is 56.4 Å². The molecule has 2 amide bonds. The fraction of sp³-hybridized carbons (Fsp3) is 0.364. The number of carbonyl (C=O) groups excluding carboxylic acids is 2. The van der Waals surface area contributed by atoms with Gasteiger partial charge in [0, 0.05) is 35.3 Å². The van der Waals surface area contributed by atoms with E-state index < -0.39 is 0 Å². The summed E-state index contributed by atoms with van der Waals surface area (Å²) >= 11 is 5.97. The van der Waals surface area contributed by atoms with E-state index in [-0.39, 0.29) is 23.7 Å². The quantitative estimate of drug-likeness (QED) is 0.801. The van der Waals surface area contributed by atoms with Crippen LogP contribution in [0.4, 0.5) is 11.4 Å². The van der Waals surface area contributed by atoms with E-state index in [0.717, 1.165) is 42.6 Å². The van der Waals surface area contributed by atoms with Crippen LogP contribution in [0.2, 0.25) is 5.02 Å². The molecular formula is C22H25ClN2O2. The minimum Gasteiger partial charge on any atom is -0.326 e. The third kappa shape index (κ3) is 4.69. The molecule has 2 aromatic rings. The summed E-state index contributed by atoms with van der Waals surface area (Å²) in [5, 5.41) is 3.67. The van der Waals surface area contributed by atoms with Crippen molar-refractivity contribution in [3.63, 3.8) is 0 Å². The fourth-order valence-corrected chi connectivity index (χ4v) is 3.88. The van der Waals surface area contributed by atoms with Crippen molar-refractivity contribution >= 4 is 34.8 Å². The van der Waals surface area contributed by atoms with Crippen molar-refractivity contribution in [1.29, 1.82) is 0 Å². The zero-order chi connectivity index (χ0) is 19.4. The summed E-state index contributed by atoms with van der Waals surface area (Å²) in [4.78, 5) is 27.1. The number of benzene rings is 2. The summed E-state index contributed by atoms with van der Waals surface area (Å²) < 4.78 is 0. The number of amides is 2. The van der Waals surface area contributed by atoms with Gasteiger partial charge in [-0.05, 0) is 68.5 Å². The number of aryl methyl sites for hydroxylation is 1. The Morgan fingerprint density at radius 3 is 2.26 bits per heavy atom. The highest BCUT2D eigenvalue weighted by Crippen LogP contribution is 2.32. The normalized spacial score (nSPS) is 19.4. The van der Waals surface area contributed by atoms with E-state index in [1.165, 1.54) is 0 Å². The van der Waals surface area contributed by atoms with E-state index in [1.54, 1.807) is 11.0 Å². The van der Waals surface area contributed by atoms with Gasteiger partial charge < -0.3 is 10.2 Å². The Morgan fingerprint density at radius 1 is 1.00 bits per heavy atom. The predicted molar refractivity (Wildman–Crippen MR) is 110 cm³/mol. The van der Waals surface area contributed by atoms with Gasteiger partial charge in [-0.1, -0.05) is 29.8 Å². The van der Waals surface area contributed by atoms with Gasteiger partial charge in [-0.3, -0.25) is 9.59 Å². The molecule has 1 aliphatic rings. The van der Waals surface area contributed by atoms with E-state index in [0.29, 0.717) is 5.02 Å². The van der Waals surface area contributed by atoms with Crippen LogP contribution in [0.15, 0.2) is 48.5 Å². The third-order valence-corrected chi connectivity index (χ3v) is 5.60. The van der Waals surface area contributed by atoms with Crippen molar-refractivity contribution < 1.29 is 9.59 Å². The lowest BCUT2D eigenvalue weighted by Crippen LogP contribution is -2.36. The van der Waals surface area contributed by atoms with Crippen LogP contribution in [-0.2, 0) is 9.59 Å². The number of halogens is 1. The van der Waals surface area contributed by atoms with E-state index in [9.17, 15) is 9.59 Å². The van der Waals surface area contributed by atoms with Gasteiger partial charge in [0.05, 0.1) is 0 Å². The summed E-state index contributed by atoms with van der Waals surface area (Å²) in [6, 6.07) is 15.1. The molecule has 1 N–H and O–H groups in total. The Bertz CT molecular complexity index is 814. The molecule has 0 bridgehead atoms. The van der Waals surface area contributed by atoms with Crippen LogP contribution in [0.3, 0.4) is 0 Å². The first kappa shape index (κ1) is 19.4. The molecule has 1 aliphatic carbocycles. The molecule has 0 heterocycles. The molecule has 0 aromatic heterocycles. The van der Waals surface area contributed by atoms with Crippen LogP contribution in [-0.4, -0.2) is 18.9 Å². The number of rotatable bonds is 4. The van der Waals surface area contributed by atoms with Crippen molar-refractivity contribution in [2.24, 2.45) is 11.8 Å². The highest BCUT2D eigenvalue weighted by atomic mass is 35.5. The van der Waals surface area contributed by atoms with Crippen molar-refractivity contribution in [2.45, 2.75) is 32.6 Å². The van der Waals surface area contributed by atoms with E-state index in [2.05, 4.69) is 5.32 Å². The van der Waals surface area contributed by atoms with E-state index in [4.69, 9.17) is 11.6 Å². The first-order valence-corrected chi connectivity index (χ1v) is 9.73. The molecule has 2 aromatic carbocycles. The molecule has 0 spiro atoms. The standard InChI is InChI=1S/C22H25ClN2O2/c1-15-14-18(23)12-13-20(15)24-21(26)16-8-10-17(11-9-16)22(27)25(2)19-6-4-3-5-7-19/h3-7,12-14,16-17H,8-11H2,1-2H3,(H,24,26). The second kappa shape index (κ2) is 8.57. The van der Waals surface area contributed by atoms with Crippen LogP contribution in [0.5, 0.6) is 0 Å². The molecule has 4 nitrogen and oxygen atoms in total. The summed E-state index contributed by atoms with van der Waals surface area (Å²) in [5.41, 5.74) is 2.65. The summed E-state index contributed by atoms with van der Waals surface area (Å²) in [6.45, 7) is 1.93. The van der Waals surface area contributed by atoms with Gasteiger partial charge in [-0.15, -0.1) is 0 Å². The highest BCUT2D eigenvalue weighted by molar-refractivity contribution is 6.30. The maximum atomic E-state index is 12.8. The molecule has 5 heteroatoms. The van der Waals surface area contributed by atoms with Crippen molar-refractivity contribution in [1.82, 2.24) is 0 Å². The summed E-state index contributed by atoms with van der Waals surface area (Å²) in [6.07, 6.45) is 2.95. The number of nitrogens with one attached hydrogen (secondary N) is 1. The molecule has 0 aliphatic heterocycles. The smallest absolute Gasteiger partial charge is 0.229 e. The molecule has 0 saturated heterocycles. The van der Waals surface area contributed by atoms with Gasteiger partial charge in [-0.25, -0.2) is 0 Å². The van der Waals surface area contributed by atoms with Gasteiger partial charge in [0.1, 0.15) is 0 Å². The second-order valence-corrected chi connectivity index (χ2v) is 7.67. The number of hydrogen-bond donors (Lipinski definition) is 1. The molecule has 0 unspecified atom stereocenters. The lowest BCUT2D eigenvalue weighted by molar-refractivity contribution is -0.126. The topological polar surface area (TPSA) is 49.4 Å². The van der Waals surface area contributed by atoms with Gasteiger partial charge in [0.25, 0.3) is 0 Å². The molecule has 3 rings (SSSR count). The Balaban J connectivity index is 1.55. The Hall–Kier alpha value is -2.33. The van der Waals surface area contributed by atoms with Crippen LogP contribution < -0.4 is 10.2 Å². The Kier molecular flexibility index (Phi) is 6.17. The minimum absolute atomic E-state index is 0.0171. The van der Waals surface area contributed by atoms with Crippen LogP contribution >= 0.6 is 11.6 Å². The molecular weight excluding hydrogens is 360 g/mol. The van der Waals surface area contributed by atoms with Crippen LogP contribution in [0.25, 0.3) is 0 Å². The van der Waals surface area contributed by atoms with Crippen LogP contribution in [0.1, 0.15) is 31.2 Å². The first-order valence-electron chi connectivity index (χ1n) is 9.35. The zero-order valence-electron chi connectivity index (χ0n) is 15.7. The molecule has 1 saturated carbocycles. The average molecular weight is 385 g/mol. The van der Waals surface area contributed by atoms with Gasteiger partial charge in [0.2, 0.25) is 11.8 Å². The molecule has 1 fully saturated rings. The summed E-state index contributed by atoms with van der Waals surface area (Å²) in [5.74, 6) is 0.0963. The fourth-order valence-electron chi connectivity index (χ4n) is 3.66. The predicted octanol–water partition coefficient (Wildman–Crippen LogP) is 5.06. The van der Waals surface area contributed by atoms with Crippen LogP contribution in [0, 0.1) is 18.8 Å². The van der Waals surface area contributed by atoms with Crippen molar-refractivity contribution in [2.75, 3.05) is 17.3 Å². The van der Waals surface area contributed by atoms with Crippen molar-refractivity contribution in [3.05, 3.63) is 59.1 Å². The first-order chi connectivity index (χ1) is 13.0. The summed E-state index contributed by atoms with van der Waals surface area (Å²) in [7, 11) is 1.82. The number of anilines is 2. The maximum Gasteiger partial charge on any atom is 0.229 e. The number of carbonyl (C=O) groups is 2. The number of nitrogens with zero attached hydrogens (tertiary/aromatic N) is 1. The monoisotopic (exact) mass is 384 g/mol. The Morgan fingerprint density at radius 2 is 1.63 bits per heavy atom. The lowest BCUT2D eigenvalue weighted by atomic mass is 9.81. The number of para-hydroxylation sites is 1. The lowest BCUT2D eigenvalue weighted by Gasteiger charge is -2.30. The molecule has 0 radical (unpaired) electrons. The molecule has 142 valence electrons. The average Bonchev–Trinajstić information content (AvgIpc) is 2.69. The maximum absolute atomic E-state index is 12.8. The molecule has 27 heavy (non-hydrogen) atoms. The SMILES string of the molecule is Cc1cc(Cl)ccc1NC(=O)C1CCC(C(=O)N(C)c2ccccc2)CC1. The van der Waals surface area contributed by atoms with Gasteiger partial charge in [0.15, 0.2) is 0 Å². The Labute approximate surface area is 165 Å². The van der Waals surface area contributed by atoms with Gasteiger partial charge >= 0.3 is 0 Å². The molecule has 0 atom stereocenters. The third-order valence-electron chi connectivity index (χ3n) is 5.37. The zero-order valence-corrected chi connectivity index (χ0v) is 16.5. The van der Waals surface area contributed by atoms with Gasteiger partial charge in [-0.2, -0.15) is 0 Å². The largest absolute Gasteiger partial charge is 0.326 e. The van der Waals surface area contributed by atoms with E-state index >= 15 is 0 Å². The van der Waals surface area contributed by atoms with Crippen molar-refractivity contribution in [3.8, 4) is 0 Å². The highest BCUT2D eigenvalue weighted by Gasteiger charge is 2.31. The number of hydrogen-bond acceptors (Lipinski definition) is 2. The minimum atomic E-state index is -0.0499. The second-order valence-electron chi connectivity index (χ2n) is 7.23.